The number of nitrogens with zero attached hydrogens (tertiary/aromatic N) is 1. The van der Waals surface area contributed by atoms with Gasteiger partial charge in [0.1, 0.15) is 18.1 Å². The topological polar surface area (TPSA) is 82.8 Å². The van der Waals surface area contributed by atoms with Crippen molar-refractivity contribution >= 4 is 23.2 Å². The molecule has 0 saturated heterocycles. The average molecular weight is 417 g/mol. The fraction of sp³-hybridized carbons (Fsp3) is 0.238. The number of carbonyl (C=O) groups excluding carboxylic acids is 1. The van der Waals surface area contributed by atoms with Gasteiger partial charge in [0.25, 0.3) is 5.91 Å². The largest absolute Gasteiger partial charge is 0.493 e. The Balaban J connectivity index is 1.74. The van der Waals surface area contributed by atoms with Gasteiger partial charge in [0.2, 0.25) is 0 Å². The molecule has 1 N–H and O–H groups in total. The van der Waals surface area contributed by atoms with Crippen LogP contribution >= 0.6 is 11.6 Å². The van der Waals surface area contributed by atoms with Gasteiger partial charge in [-0.1, -0.05) is 22.8 Å². The zero-order valence-electron chi connectivity index (χ0n) is 16.5. The van der Waals surface area contributed by atoms with E-state index in [1.165, 1.54) is 14.2 Å². The molecule has 3 aromatic rings. The molecule has 0 spiro atoms. The molecular weight excluding hydrogens is 396 g/mol. The van der Waals surface area contributed by atoms with Gasteiger partial charge in [-0.25, -0.2) is 0 Å². The highest BCUT2D eigenvalue weighted by Crippen LogP contribution is 2.36. The molecule has 1 aromatic heterocycles. The number of nitrogens with one attached hydrogen (secondary N) is 1. The summed E-state index contributed by atoms with van der Waals surface area (Å²) in [6, 6.07) is 10.1. The van der Waals surface area contributed by atoms with Crippen molar-refractivity contribution < 1.29 is 23.5 Å². The monoisotopic (exact) mass is 416 g/mol. The van der Waals surface area contributed by atoms with Crippen LogP contribution in [0.15, 0.2) is 40.9 Å². The van der Waals surface area contributed by atoms with Crippen LogP contribution in [-0.4, -0.2) is 25.3 Å². The molecule has 0 radical (unpaired) electrons. The maximum atomic E-state index is 12.7. The van der Waals surface area contributed by atoms with Crippen molar-refractivity contribution in [3.63, 3.8) is 0 Å². The van der Waals surface area contributed by atoms with E-state index in [-0.39, 0.29) is 5.91 Å². The molecule has 0 atom stereocenters. The summed E-state index contributed by atoms with van der Waals surface area (Å²) in [6.07, 6.45) is 0. The lowest BCUT2D eigenvalue weighted by atomic mass is 10.2. The summed E-state index contributed by atoms with van der Waals surface area (Å²) in [4.78, 5) is 12.7. The lowest BCUT2D eigenvalue weighted by Crippen LogP contribution is -2.12. The molecule has 0 bridgehead atoms. The lowest BCUT2D eigenvalue weighted by Gasteiger charge is -2.13. The second-order valence-electron chi connectivity index (χ2n) is 6.26. The number of anilines is 1. The van der Waals surface area contributed by atoms with Gasteiger partial charge in [-0.05, 0) is 32.0 Å². The Labute approximate surface area is 173 Å². The molecule has 2 aromatic carbocycles. The molecule has 0 aliphatic rings. The maximum absolute atomic E-state index is 12.7. The number of hydrogen-bond donors (Lipinski definition) is 1. The van der Waals surface area contributed by atoms with E-state index in [9.17, 15) is 4.79 Å². The van der Waals surface area contributed by atoms with Gasteiger partial charge in [0, 0.05) is 17.7 Å². The van der Waals surface area contributed by atoms with Crippen LogP contribution in [0.2, 0.25) is 5.02 Å². The highest BCUT2D eigenvalue weighted by Gasteiger charge is 2.15. The second-order valence-corrected chi connectivity index (χ2v) is 6.67. The molecule has 0 saturated carbocycles. The van der Waals surface area contributed by atoms with Crippen LogP contribution in [-0.2, 0) is 6.61 Å². The normalized spacial score (nSPS) is 10.5. The van der Waals surface area contributed by atoms with Crippen LogP contribution < -0.4 is 19.5 Å². The number of carbonyl (C=O) groups is 1. The third kappa shape index (κ3) is 4.63. The van der Waals surface area contributed by atoms with Crippen molar-refractivity contribution in [2.75, 3.05) is 19.5 Å². The predicted octanol–water partition coefficient (Wildman–Crippen LogP) is 4.79. The smallest absolute Gasteiger partial charge is 0.255 e. The van der Waals surface area contributed by atoms with Gasteiger partial charge in [0.05, 0.1) is 36.2 Å². The molecule has 0 fully saturated rings. The highest BCUT2D eigenvalue weighted by molar-refractivity contribution is 6.34. The summed E-state index contributed by atoms with van der Waals surface area (Å²) in [7, 11) is 3.03. The van der Waals surface area contributed by atoms with E-state index in [0.29, 0.717) is 45.9 Å². The van der Waals surface area contributed by atoms with Crippen LogP contribution in [0.25, 0.3) is 0 Å². The van der Waals surface area contributed by atoms with Crippen LogP contribution in [0.4, 0.5) is 5.69 Å². The number of benzene rings is 2. The van der Waals surface area contributed by atoms with Crippen molar-refractivity contribution in [1.82, 2.24) is 5.16 Å². The molecular formula is C21H21ClN2O5. The van der Waals surface area contributed by atoms with E-state index in [4.69, 9.17) is 30.3 Å². The van der Waals surface area contributed by atoms with E-state index >= 15 is 0 Å². The summed E-state index contributed by atoms with van der Waals surface area (Å²) in [6.45, 7) is 3.98. The summed E-state index contributed by atoms with van der Waals surface area (Å²) in [5.41, 5.74) is 2.50. The van der Waals surface area contributed by atoms with Gasteiger partial charge >= 0.3 is 0 Å². The lowest BCUT2D eigenvalue weighted by molar-refractivity contribution is 0.102. The van der Waals surface area contributed by atoms with Gasteiger partial charge in [0.15, 0.2) is 11.5 Å². The van der Waals surface area contributed by atoms with Crippen molar-refractivity contribution in [2.24, 2.45) is 0 Å². The molecule has 0 aliphatic heterocycles. The number of hydrogen-bond acceptors (Lipinski definition) is 6. The first-order valence-corrected chi connectivity index (χ1v) is 9.18. The predicted molar refractivity (Wildman–Crippen MR) is 109 cm³/mol. The first-order valence-electron chi connectivity index (χ1n) is 8.80. The fourth-order valence-corrected chi connectivity index (χ4v) is 2.94. The molecule has 0 unspecified atom stereocenters. The van der Waals surface area contributed by atoms with Crippen molar-refractivity contribution in [3.8, 4) is 17.2 Å². The van der Waals surface area contributed by atoms with Gasteiger partial charge < -0.3 is 24.1 Å². The van der Waals surface area contributed by atoms with Crippen molar-refractivity contribution in [1.29, 1.82) is 0 Å². The summed E-state index contributed by atoms with van der Waals surface area (Å²) < 4.78 is 21.4. The van der Waals surface area contributed by atoms with E-state index in [2.05, 4.69) is 10.5 Å². The third-order valence-electron chi connectivity index (χ3n) is 4.38. The van der Waals surface area contributed by atoms with E-state index < -0.39 is 0 Å². The van der Waals surface area contributed by atoms with Gasteiger partial charge in [-0.2, -0.15) is 0 Å². The molecule has 1 amide bonds. The average Bonchev–Trinajstić information content (AvgIpc) is 3.05. The Morgan fingerprint density at radius 1 is 1.14 bits per heavy atom. The third-order valence-corrected chi connectivity index (χ3v) is 4.69. The van der Waals surface area contributed by atoms with E-state index in [1.54, 1.807) is 36.4 Å². The number of aromatic nitrogens is 1. The Morgan fingerprint density at radius 3 is 2.52 bits per heavy atom. The molecule has 152 valence electrons. The quantitative estimate of drug-likeness (QED) is 0.596. The van der Waals surface area contributed by atoms with Crippen molar-refractivity contribution in [2.45, 2.75) is 20.5 Å². The summed E-state index contributed by atoms with van der Waals surface area (Å²) in [5.74, 6) is 1.87. The Hall–Kier alpha value is -3.19. The molecule has 29 heavy (non-hydrogen) atoms. The summed E-state index contributed by atoms with van der Waals surface area (Å²) >= 11 is 6.25. The first-order chi connectivity index (χ1) is 13.9. The van der Waals surface area contributed by atoms with Gasteiger partial charge in [-0.15, -0.1) is 0 Å². The number of aryl methyl sites for hydroxylation is 2. The minimum absolute atomic E-state index is 0.299. The number of methoxy groups -OCH3 is 2. The Kier molecular flexibility index (Phi) is 6.29. The standard InChI is InChI=1S/C21H21ClN2O5/c1-12-16(13(2)29-24-12)11-28-15-7-5-6-14(8-15)21(25)23-18-10-20(27-4)19(26-3)9-17(18)22/h5-10H,11H2,1-4H3,(H,23,25). The first kappa shape index (κ1) is 20.5. The molecule has 7 nitrogen and oxygen atoms in total. The minimum atomic E-state index is -0.332. The van der Waals surface area contributed by atoms with Crippen LogP contribution in [0, 0.1) is 13.8 Å². The minimum Gasteiger partial charge on any atom is -0.493 e. The van der Waals surface area contributed by atoms with Crippen LogP contribution in [0.1, 0.15) is 27.4 Å². The molecule has 1 heterocycles. The zero-order chi connectivity index (χ0) is 21.0. The number of rotatable bonds is 7. The fourth-order valence-electron chi connectivity index (χ4n) is 2.74. The Bertz CT molecular complexity index is 1010. The van der Waals surface area contributed by atoms with Crippen LogP contribution in [0.3, 0.4) is 0 Å². The molecule has 3 rings (SSSR count). The zero-order valence-corrected chi connectivity index (χ0v) is 17.3. The SMILES string of the molecule is COc1cc(Cl)c(NC(=O)c2cccc(OCc3c(C)noc3C)c2)cc1OC. The number of amides is 1. The molecule has 8 heteroatoms. The van der Waals surface area contributed by atoms with Crippen LogP contribution in [0.5, 0.6) is 17.2 Å². The van der Waals surface area contributed by atoms with E-state index in [1.807, 2.05) is 13.8 Å². The molecule has 0 aliphatic carbocycles. The summed E-state index contributed by atoms with van der Waals surface area (Å²) in [5, 5.41) is 7.02. The van der Waals surface area contributed by atoms with E-state index in [0.717, 1.165) is 11.3 Å². The highest BCUT2D eigenvalue weighted by atomic mass is 35.5. The van der Waals surface area contributed by atoms with Gasteiger partial charge in [-0.3, -0.25) is 4.79 Å². The Morgan fingerprint density at radius 2 is 1.86 bits per heavy atom. The second kappa shape index (κ2) is 8.87. The maximum Gasteiger partial charge on any atom is 0.255 e. The number of halogens is 1. The van der Waals surface area contributed by atoms with Crippen molar-refractivity contribution in [3.05, 3.63) is 64.0 Å². The number of ether oxygens (including phenoxy) is 3.